The minimum Gasteiger partial charge on any atom is -0.493 e. The largest absolute Gasteiger partial charge is 0.493 e. The third kappa shape index (κ3) is 2.83. The van der Waals surface area contributed by atoms with Gasteiger partial charge in [-0.2, -0.15) is 0 Å². The zero-order valence-electron chi connectivity index (χ0n) is 11.5. The smallest absolute Gasteiger partial charge is 0.166 e. The molecule has 0 unspecified atom stereocenters. The summed E-state index contributed by atoms with van der Waals surface area (Å²) in [5.74, 6) is 1.92. The summed E-state index contributed by atoms with van der Waals surface area (Å²) in [6.45, 7) is 0.750. The van der Waals surface area contributed by atoms with Crippen LogP contribution >= 0.6 is 0 Å². The normalized spacial score (nSPS) is 18.9. The predicted molar refractivity (Wildman–Crippen MR) is 75.8 cm³/mol. The number of hydrogen-bond donors (Lipinski definition) is 0. The van der Waals surface area contributed by atoms with Gasteiger partial charge in [-0.1, -0.05) is 37.8 Å². The van der Waals surface area contributed by atoms with Crippen LogP contribution in [0.1, 0.15) is 60.9 Å². The SMILES string of the molecule is O=C(CCC1CCCC1)c1cccc2c1OCCC2. The molecule has 0 aromatic heterocycles. The first-order valence-corrected chi connectivity index (χ1v) is 7.62. The molecule has 1 fully saturated rings. The van der Waals surface area contributed by atoms with E-state index in [0.717, 1.165) is 43.1 Å². The average Bonchev–Trinajstić information content (AvgIpc) is 2.97. The van der Waals surface area contributed by atoms with E-state index in [4.69, 9.17) is 4.74 Å². The molecule has 0 saturated heterocycles. The lowest BCUT2D eigenvalue weighted by atomic mass is 9.95. The van der Waals surface area contributed by atoms with Gasteiger partial charge >= 0.3 is 0 Å². The van der Waals surface area contributed by atoms with E-state index in [1.54, 1.807) is 0 Å². The highest BCUT2D eigenvalue weighted by molar-refractivity contribution is 5.99. The molecule has 0 spiro atoms. The number of ketones is 1. The summed E-state index contributed by atoms with van der Waals surface area (Å²) in [4.78, 5) is 12.4. The summed E-state index contributed by atoms with van der Waals surface area (Å²) in [5, 5.41) is 0. The fourth-order valence-corrected chi connectivity index (χ4v) is 3.38. The van der Waals surface area contributed by atoms with Crippen LogP contribution in [0.5, 0.6) is 5.75 Å². The summed E-state index contributed by atoms with van der Waals surface area (Å²) >= 11 is 0. The van der Waals surface area contributed by atoms with Crippen molar-refractivity contribution in [3.63, 3.8) is 0 Å². The monoisotopic (exact) mass is 258 g/mol. The molecule has 102 valence electrons. The second-order valence-electron chi connectivity index (χ2n) is 5.86. The van der Waals surface area contributed by atoms with Gasteiger partial charge in [-0.25, -0.2) is 0 Å². The van der Waals surface area contributed by atoms with Gasteiger partial charge in [0.2, 0.25) is 0 Å². The zero-order chi connectivity index (χ0) is 13.1. The molecule has 19 heavy (non-hydrogen) atoms. The molecule has 1 aromatic carbocycles. The first kappa shape index (κ1) is 12.7. The Hall–Kier alpha value is -1.31. The van der Waals surface area contributed by atoms with Gasteiger partial charge in [-0.15, -0.1) is 0 Å². The summed E-state index contributed by atoms with van der Waals surface area (Å²) in [7, 11) is 0. The Morgan fingerprint density at radius 2 is 2.05 bits per heavy atom. The molecule has 1 saturated carbocycles. The number of ether oxygens (including phenoxy) is 1. The van der Waals surface area contributed by atoms with Crippen molar-refractivity contribution in [2.45, 2.75) is 51.4 Å². The second-order valence-corrected chi connectivity index (χ2v) is 5.86. The van der Waals surface area contributed by atoms with E-state index in [2.05, 4.69) is 6.07 Å². The molecule has 1 aliphatic carbocycles. The standard InChI is InChI=1S/C17H22O2/c18-16(11-10-13-5-1-2-6-13)15-9-3-7-14-8-4-12-19-17(14)15/h3,7,9,13H,1-2,4-6,8,10-12H2. The van der Waals surface area contributed by atoms with Crippen LogP contribution in [0.2, 0.25) is 0 Å². The summed E-state index contributed by atoms with van der Waals surface area (Å²) in [5.41, 5.74) is 2.02. The lowest BCUT2D eigenvalue weighted by molar-refractivity contribution is 0.0969. The van der Waals surface area contributed by atoms with Gasteiger partial charge in [0.25, 0.3) is 0 Å². The molecule has 2 nitrogen and oxygen atoms in total. The van der Waals surface area contributed by atoms with Gasteiger partial charge < -0.3 is 4.74 Å². The number of fused-ring (bicyclic) bond motifs is 1. The van der Waals surface area contributed by atoms with Crippen molar-refractivity contribution < 1.29 is 9.53 Å². The topological polar surface area (TPSA) is 26.3 Å². The van der Waals surface area contributed by atoms with Crippen LogP contribution in [0.4, 0.5) is 0 Å². The van der Waals surface area contributed by atoms with Crippen molar-refractivity contribution in [1.29, 1.82) is 0 Å². The molecule has 3 rings (SSSR count). The van der Waals surface area contributed by atoms with E-state index >= 15 is 0 Å². The van der Waals surface area contributed by atoms with Crippen LogP contribution in [0.15, 0.2) is 18.2 Å². The van der Waals surface area contributed by atoms with Gasteiger partial charge in [-0.05, 0) is 36.8 Å². The lowest BCUT2D eigenvalue weighted by Crippen LogP contribution is -2.13. The van der Waals surface area contributed by atoms with Crippen molar-refractivity contribution in [1.82, 2.24) is 0 Å². The second kappa shape index (κ2) is 5.77. The van der Waals surface area contributed by atoms with Crippen LogP contribution < -0.4 is 4.74 Å². The van der Waals surface area contributed by atoms with Crippen molar-refractivity contribution in [2.24, 2.45) is 5.92 Å². The summed E-state index contributed by atoms with van der Waals surface area (Å²) < 4.78 is 5.73. The Kier molecular flexibility index (Phi) is 3.86. The molecule has 1 aromatic rings. The van der Waals surface area contributed by atoms with Crippen LogP contribution in [0.3, 0.4) is 0 Å². The number of hydrogen-bond acceptors (Lipinski definition) is 2. The molecule has 2 heteroatoms. The Morgan fingerprint density at radius 3 is 2.89 bits per heavy atom. The zero-order valence-corrected chi connectivity index (χ0v) is 11.5. The number of Topliss-reactive ketones (excluding diaryl/α,β-unsaturated/α-hetero) is 1. The predicted octanol–water partition coefficient (Wildman–Crippen LogP) is 4.16. The Bertz CT molecular complexity index is 458. The molecule has 0 bridgehead atoms. The third-order valence-corrected chi connectivity index (χ3v) is 4.49. The maximum absolute atomic E-state index is 12.4. The molecule has 0 radical (unpaired) electrons. The highest BCUT2D eigenvalue weighted by atomic mass is 16.5. The summed E-state index contributed by atoms with van der Waals surface area (Å²) in [6.07, 6.45) is 9.18. The maximum Gasteiger partial charge on any atom is 0.166 e. The van der Waals surface area contributed by atoms with E-state index in [1.165, 1.54) is 31.2 Å². The molecule has 0 amide bonds. The third-order valence-electron chi connectivity index (χ3n) is 4.49. The Balaban J connectivity index is 1.68. The van der Waals surface area contributed by atoms with E-state index in [-0.39, 0.29) is 5.78 Å². The average molecular weight is 258 g/mol. The molecular formula is C17H22O2. The van der Waals surface area contributed by atoms with Crippen molar-refractivity contribution >= 4 is 5.78 Å². The van der Waals surface area contributed by atoms with Gasteiger partial charge in [0.1, 0.15) is 5.75 Å². The number of carbonyl (C=O) groups is 1. The Labute approximate surface area is 115 Å². The fraction of sp³-hybridized carbons (Fsp3) is 0.588. The molecule has 0 atom stereocenters. The number of rotatable bonds is 4. The molecule has 0 N–H and O–H groups in total. The van der Waals surface area contributed by atoms with Crippen molar-refractivity contribution in [3.05, 3.63) is 29.3 Å². The minimum absolute atomic E-state index is 0.269. The Morgan fingerprint density at radius 1 is 1.21 bits per heavy atom. The van der Waals surface area contributed by atoms with Crippen LogP contribution in [0.25, 0.3) is 0 Å². The van der Waals surface area contributed by atoms with Crippen LogP contribution in [0, 0.1) is 5.92 Å². The van der Waals surface area contributed by atoms with Gasteiger partial charge in [0.05, 0.1) is 12.2 Å². The van der Waals surface area contributed by atoms with E-state index in [0.29, 0.717) is 6.42 Å². The molecule has 2 aliphatic rings. The highest BCUT2D eigenvalue weighted by Gasteiger charge is 2.21. The van der Waals surface area contributed by atoms with Gasteiger partial charge in [0.15, 0.2) is 5.78 Å². The number of aryl methyl sites for hydroxylation is 1. The summed E-state index contributed by atoms with van der Waals surface area (Å²) in [6, 6.07) is 6.01. The van der Waals surface area contributed by atoms with E-state index < -0.39 is 0 Å². The van der Waals surface area contributed by atoms with Gasteiger partial charge in [0, 0.05) is 6.42 Å². The van der Waals surface area contributed by atoms with Gasteiger partial charge in [-0.3, -0.25) is 4.79 Å². The minimum atomic E-state index is 0.269. The number of para-hydroxylation sites is 1. The molecular weight excluding hydrogens is 236 g/mol. The maximum atomic E-state index is 12.4. The first-order valence-electron chi connectivity index (χ1n) is 7.62. The number of benzene rings is 1. The van der Waals surface area contributed by atoms with E-state index in [1.807, 2.05) is 12.1 Å². The van der Waals surface area contributed by atoms with Crippen LogP contribution in [-0.4, -0.2) is 12.4 Å². The quantitative estimate of drug-likeness (QED) is 0.758. The van der Waals surface area contributed by atoms with E-state index in [9.17, 15) is 4.79 Å². The molecule has 1 heterocycles. The molecule has 1 aliphatic heterocycles. The fourth-order valence-electron chi connectivity index (χ4n) is 3.38. The first-order chi connectivity index (χ1) is 9.34. The highest BCUT2D eigenvalue weighted by Crippen LogP contribution is 2.32. The van der Waals surface area contributed by atoms with Crippen molar-refractivity contribution in [3.8, 4) is 5.75 Å². The van der Waals surface area contributed by atoms with Crippen molar-refractivity contribution in [2.75, 3.05) is 6.61 Å². The number of carbonyl (C=O) groups excluding carboxylic acids is 1. The lowest BCUT2D eigenvalue weighted by Gasteiger charge is -2.20. The van der Waals surface area contributed by atoms with Crippen LogP contribution in [-0.2, 0) is 6.42 Å².